The van der Waals surface area contributed by atoms with E-state index >= 15 is 0 Å². The second-order valence-electron chi connectivity index (χ2n) is 5.53. The van der Waals surface area contributed by atoms with Crippen LogP contribution in [-0.2, 0) is 14.2 Å². The van der Waals surface area contributed by atoms with Crippen LogP contribution in [-0.4, -0.2) is 115 Å². The third-order valence-electron chi connectivity index (χ3n) is 3.98. The van der Waals surface area contributed by atoms with Gasteiger partial charge in [-0.3, -0.25) is 0 Å². The average molecular weight is 342 g/mol. The lowest BCUT2D eigenvalue weighted by atomic mass is 9.97. The van der Waals surface area contributed by atoms with Crippen LogP contribution in [0.5, 0.6) is 0 Å². The molecule has 5 unspecified atom stereocenters. The van der Waals surface area contributed by atoms with Gasteiger partial charge in [0, 0.05) is 0 Å². The minimum absolute atomic E-state index is 0.651. The van der Waals surface area contributed by atoms with Crippen molar-refractivity contribution in [2.24, 2.45) is 0 Å². The fourth-order valence-corrected chi connectivity index (χ4v) is 2.55. The van der Waals surface area contributed by atoms with Gasteiger partial charge in [0.2, 0.25) is 0 Å². The molecule has 2 aliphatic rings. The first-order valence-electron chi connectivity index (χ1n) is 7.08. The summed E-state index contributed by atoms with van der Waals surface area (Å²) in [4.78, 5) is 0. The van der Waals surface area contributed by atoms with Crippen molar-refractivity contribution in [1.29, 1.82) is 0 Å². The van der Waals surface area contributed by atoms with E-state index in [-0.39, 0.29) is 0 Å². The molecule has 0 aromatic rings. The largest absolute Gasteiger partial charge is 0.394 e. The third kappa shape index (κ3) is 3.65. The second-order valence-corrected chi connectivity index (χ2v) is 5.53. The molecule has 11 heteroatoms. The van der Waals surface area contributed by atoms with E-state index in [4.69, 9.17) is 24.4 Å². The summed E-state index contributed by atoms with van der Waals surface area (Å²) in [6.45, 7) is -1.33. The summed E-state index contributed by atoms with van der Waals surface area (Å²) in [5, 5.41) is 76.7. The van der Waals surface area contributed by atoms with E-state index in [0.717, 1.165) is 0 Å². The number of aliphatic hydroxyl groups excluding tert-OH is 8. The van der Waals surface area contributed by atoms with Gasteiger partial charge in [0.1, 0.15) is 48.8 Å². The topological polar surface area (TPSA) is 190 Å². The predicted octanol–water partition coefficient (Wildman–Crippen LogP) is -5.40. The molecular weight excluding hydrogens is 320 g/mol. The fourth-order valence-electron chi connectivity index (χ4n) is 2.55. The smallest absolute Gasteiger partial charge is 0.187 e. The highest BCUT2D eigenvalue weighted by molar-refractivity contribution is 4.93. The molecule has 2 rings (SSSR count). The molecule has 23 heavy (non-hydrogen) atoms. The van der Waals surface area contributed by atoms with Crippen molar-refractivity contribution in [2.45, 2.75) is 61.4 Å². The van der Waals surface area contributed by atoms with Gasteiger partial charge in [0.05, 0.1) is 13.2 Å². The molecule has 0 radical (unpaired) electrons. The molecule has 0 amide bonds. The van der Waals surface area contributed by atoms with E-state index in [9.17, 15) is 30.6 Å². The molecule has 136 valence electrons. The van der Waals surface area contributed by atoms with Gasteiger partial charge in [0.25, 0.3) is 0 Å². The van der Waals surface area contributed by atoms with Crippen LogP contribution in [0.2, 0.25) is 0 Å². The molecule has 10 atom stereocenters. The Morgan fingerprint density at radius 3 is 1.74 bits per heavy atom. The quantitative estimate of drug-likeness (QED) is 0.243. The third-order valence-corrected chi connectivity index (χ3v) is 3.98. The molecule has 0 aromatic carbocycles. The Morgan fingerprint density at radius 2 is 1.17 bits per heavy atom. The number of rotatable bonds is 4. The van der Waals surface area contributed by atoms with Gasteiger partial charge in [-0.2, -0.15) is 0 Å². The Hall–Kier alpha value is -0.440. The number of aliphatic hydroxyl groups is 8. The highest BCUT2D eigenvalue weighted by Crippen LogP contribution is 2.28. The molecule has 0 saturated carbocycles. The molecule has 2 fully saturated rings. The van der Waals surface area contributed by atoms with Crippen molar-refractivity contribution in [3.05, 3.63) is 0 Å². The molecule has 2 heterocycles. The molecule has 0 aromatic heterocycles. The van der Waals surface area contributed by atoms with E-state index in [1.54, 1.807) is 0 Å². The Morgan fingerprint density at radius 1 is 0.652 bits per heavy atom. The maximum absolute atomic E-state index is 9.94. The molecule has 0 aliphatic carbocycles. The van der Waals surface area contributed by atoms with Crippen LogP contribution in [0.15, 0.2) is 0 Å². The Bertz CT molecular complexity index is 380. The monoisotopic (exact) mass is 342 g/mol. The van der Waals surface area contributed by atoms with Gasteiger partial charge < -0.3 is 55.1 Å². The maximum Gasteiger partial charge on any atom is 0.187 e. The summed E-state index contributed by atoms with van der Waals surface area (Å²) in [7, 11) is 0. The molecule has 0 spiro atoms. The van der Waals surface area contributed by atoms with Gasteiger partial charge >= 0.3 is 0 Å². The second kappa shape index (κ2) is 7.63. The van der Waals surface area contributed by atoms with Crippen LogP contribution in [0.25, 0.3) is 0 Å². The minimum Gasteiger partial charge on any atom is -0.394 e. The Kier molecular flexibility index (Phi) is 6.27. The van der Waals surface area contributed by atoms with Crippen molar-refractivity contribution in [3.8, 4) is 0 Å². The summed E-state index contributed by atoms with van der Waals surface area (Å²) in [6, 6.07) is 0. The molecule has 8 N–H and O–H groups in total. The fraction of sp³-hybridized carbons (Fsp3) is 1.00. The van der Waals surface area contributed by atoms with Crippen LogP contribution in [0.1, 0.15) is 0 Å². The van der Waals surface area contributed by atoms with Crippen LogP contribution in [0.4, 0.5) is 0 Å². The molecular formula is C12H22O11. The summed E-state index contributed by atoms with van der Waals surface area (Å²) in [5.74, 6) is 0. The SMILES string of the molecule is OCC1OC(O)C(O[C@@H]2OC(CO)[C@@H](O)[C@H](O)C2O)[C@@H](O)[C@@H]1O. The maximum atomic E-state index is 9.94. The standard InChI is InChI=1S/C12H22O11/c13-1-3-6(16)8(18)10(11(20)21-3)23-12-9(19)7(17)5(15)4(2-14)22-12/h3-20H,1-2H2/t3?,4?,5-,6-,7+,8+,9?,10?,11?,12+/m1/s1. The summed E-state index contributed by atoms with van der Waals surface area (Å²) in [6.07, 6.45) is -15.6. The van der Waals surface area contributed by atoms with Gasteiger partial charge in [0.15, 0.2) is 12.6 Å². The first-order valence-corrected chi connectivity index (χ1v) is 7.08. The van der Waals surface area contributed by atoms with E-state index in [1.807, 2.05) is 0 Å². The Balaban J connectivity index is 2.08. The molecule has 11 nitrogen and oxygen atoms in total. The van der Waals surface area contributed by atoms with Crippen molar-refractivity contribution < 1.29 is 55.1 Å². The van der Waals surface area contributed by atoms with Crippen LogP contribution < -0.4 is 0 Å². The van der Waals surface area contributed by atoms with Crippen molar-refractivity contribution >= 4 is 0 Å². The number of ether oxygens (including phenoxy) is 3. The first-order chi connectivity index (χ1) is 10.8. The Labute approximate surface area is 130 Å². The summed E-state index contributed by atoms with van der Waals surface area (Å²) in [5.41, 5.74) is 0. The van der Waals surface area contributed by atoms with E-state index in [2.05, 4.69) is 0 Å². The van der Waals surface area contributed by atoms with Crippen molar-refractivity contribution in [3.63, 3.8) is 0 Å². The minimum atomic E-state index is -1.75. The lowest BCUT2D eigenvalue weighted by Crippen LogP contribution is -2.64. The van der Waals surface area contributed by atoms with E-state index in [0.29, 0.717) is 0 Å². The van der Waals surface area contributed by atoms with Gasteiger partial charge in [-0.15, -0.1) is 0 Å². The summed E-state index contributed by atoms with van der Waals surface area (Å²) >= 11 is 0. The number of hydrogen-bond donors (Lipinski definition) is 8. The van der Waals surface area contributed by atoms with Crippen LogP contribution in [0.3, 0.4) is 0 Å². The number of hydrogen-bond acceptors (Lipinski definition) is 11. The van der Waals surface area contributed by atoms with Crippen molar-refractivity contribution in [1.82, 2.24) is 0 Å². The van der Waals surface area contributed by atoms with Gasteiger partial charge in [-0.1, -0.05) is 0 Å². The van der Waals surface area contributed by atoms with Crippen LogP contribution >= 0.6 is 0 Å². The zero-order chi connectivity index (χ0) is 17.3. The van der Waals surface area contributed by atoms with Gasteiger partial charge in [-0.25, -0.2) is 0 Å². The summed E-state index contributed by atoms with van der Waals surface area (Å²) < 4.78 is 15.1. The van der Waals surface area contributed by atoms with E-state index < -0.39 is 74.6 Å². The molecule has 2 aliphatic heterocycles. The predicted molar refractivity (Wildman–Crippen MR) is 68.6 cm³/mol. The highest BCUT2D eigenvalue weighted by atomic mass is 16.7. The lowest BCUT2D eigenvalue weighted by Gasteiger charge is -2.44. The first kappa shape index (κ1) is 18.9. The molecule has 2 saturated heterocycles. The normalized spacial score (nSPS) is 51.7. The average Bonchev–Trinajstić information content (AvgIpc) is 2.54. The zero-order valence-corrected chi connectivity index (χ0v) is 12.0. The highest BCUT2D eigenvalue weighted by Gasteiger charge is 2.50. The zero-order valence-electron chi connectivity index (χ0n) is 12.0. The van der Waals surface area contributed by atoms with Crippen LogP contribution in [0, 0.1) is 0 Å². The van der Waals surface area contributed by atoms with Gasteiger partial charge in [-0.05, 0) is 0 Å². The van der Waals surface area contributed by atoms with Crippen molar-refractivity contribution in [2.75, 3.05) is 13.2 Å². The lowest BCUT2D eigenvalue weighted by molar-refractivity contribution is -0.361. The van der Waals surface area contributed by atoms with E-state index in [1.165, 1.54) is 0 Å². The molecule has 0 bridgehead atoms.